The number of aliphatic carboxylic acids is 1. The number of hydrogen-bond donors (Lipinski definition) is 2. The number of carboxylic acids is 1. The second-order valence-electron chi connectivity index (χ2n) is 3.42. The molecule has 2 rings (SSSR count). The summed E-state index contributed by atoms with van der Waals surface area (Å²) in [7, 11) is 0. The van der Waals surface area contributed by atoms with Crippen LogP contribution in [0.15, 0.2) is 30.8 Å². The van der Waals surface area contributed by atoms with Crippen molar-refractivity contribution in [2.24, 2.45) is 5.73 Å². The highest BCUT2D eigenvalue weighted by atomic mass is 16.5. The van der Waals surface area contributed by atoms with Crippen LogP contribution in [0.2, 0.25) is 0 Å². The molecule has 1 heterocycles. The number of ether oxygens (including phenoxy) is 1. The van der Waals surface area contributed by atoms with E-state index in [1.54, 1.807) is 6.07 Å². The molecular formula is C11H11NO3. The lowest BCUT2D eigenvalue weighted by molar-refractivity contribution is -0.139. The number of para-hydroxylation sites is 1. The Morgan fingerprint density at radius 1 is 1.53 bits per heavy atom. The van der Waals surface area contributed by atoms with Gasteiger partial charge in [-0.05, 0) is 11.6 Å². The number of carboxylic acid groups (broad SMARTS) is 1. The molecular weight excluding hydrogens is 194 g/mol. The summed E-state index contributed by atoms with van der Waals surface area (Å²) in [5, 5.41) is 8.79. The van der Waals surface area contributed by atoms with Crippen molar-refractivity contribution in [3.8, 4) is 5.75 Å². The van der Waals surface area contributed by atoms with Gasteiger partial charge in [0.2, 0.25) is 0 Å². The molecule has 0 radical (unpaired) electrons. The maximum atomic E-state index is 10.7. The Balaban J connectivity index is 2.31. The fourth-order valence-electron chi connectivity index (χ4n) is 1.62. The molecule has 1 aliphatic heterocycles. The lowest BCUT2D eigenvalue weighted by Crippen LogP contribution is -2.43. The average Bonchev–Trinajstić information content (AvgIpc) is 2.56. The largest absolute Gasteiger partial charge is 0.483 e. The van der Waals surface area contributed by atoms with Gasteiger partial charge in [0.1, 0.15) is 17.9 Å². The molecule has 0 amide bonds. The van der Waals surface area contributed by atoms with Crippen LogP contribution in [0.1, 0.15) is 5.56 Å². The number of benzene rings is 1. The van der Waals surface area contributed by atoms with E-state index in [2.05, 4.69) is 6.58 Å². The van der Waals surface area contributed by atoms with Crippen molar-refractivity contribution in [2.75, 3.05) is 0 Å². The van der Waals surface area contributed by atoms with Gasteiger partial charge in [0.05, 0.1) is 0 Å². The second kappa shape index (κ2) is 3.40. The van der Waals surface area contributed by atoms with Gasteiger partial charge >= 0.3 is 5.97 Å². The lowest BCUT2D eigenvalue weighted by Gasteiger charge is -2.15. The molecule has 0 saturated heterocycles. The lowest BCUT2D eigenvalue weighted by atomic mass is 10.00. The Morgan fingerprint density at radius 3 is 2.80 bits per heavy atom. The van der Waals surface area contributed by atoms with Crippen LogP contribution >= 0.6 is 0 Å². The van der Waals surface area contributed by atoms with Gasteiger partial charge in [0.25, 0.3) is 0 Å². The number of hydrogen-bond acceptors (Lipinski definition) is 3. The van der Waals surface area contributed by atoms with E-state index in [9.17, 15) is 4.79 Å². The molecule has 1 unspecified atom stereocenters. The van der Waals surface area contributed by atoms with Crippen LogP contribution in [-0.2, 0) is 4.79 Å². The molecule has 0 bridgehead atoms. The van der Waals surface area contributed by atoms with E-state index in [0.717, 1.165) is 5.56 Å². The van der Waals surface area contributed by atoms with Crippen molar-refractivity contribution in [1.29, 1.82) is 0 Å². The van der Waals surface area contributed by atoms with Crippen molar-refractivity contribution in [2.45, 2.75) is 12.1 Å². The van der Waals surface area contributed by atoms with Crippen molar-refractivity contribution < 1.29 is 14.6 Å². The zero-order valence-electron chi connectivity index (χ0n) is 8.01. The summed E-state index contributed by atoms with van der Waals surface area (Å²) >= 11 is 0. The molecule has 0 saturated carbocycles. The topological polar surface area (TPSA) is 72.5 Å². The van der Waals surface area contributed by atoms with Gasteiger partial charge in [-0.25, -0.2) is 0 Å². The van der Waals surface area contributed by atoms with Gasteiger partial charge in [-0.2, -0.15) is 0 Å². The van der Waals surface area contributed by atoms with Crippen LogP contribution in [0.3, 0.4) is 0 Å². The van der Waals surface area contributed by atoms with Gasteiger partial charge in [-0.1, -0.05) is 24.8 Å². The predicted molar refractivity (Wildman–Crippen MR) is 55.5 cm³/mol. The smallest absolute Gasteiger partial charge is 0.324 e. The van der Waals surface area contributed by atoms with Crippen LogP contribution in [0.25, 0.3) is 5.57 Å². The first-order valence-electron chi connectivity index (χ1n) is 4.54. The molecule has 4 nitrogen and oxygen atoms in total. The number of nitrogens with two attached hydrogens (primary N) is 1. The third-order valence-electron chi connectivity index (χ3n) is 2.44. The van der Waals surface area contributed by atoms with Gasteiger partial charge in [-0.3, -0.25) is 4.79 Å². The summed E-state index contributed by atoms with van der Waals surface area (Å²) < 4.78 is 5.44. The zero-order valence-corrected chi connectivity index (χ0v) is 8.01. The van der Waals surface area contributed by atoms with Crippen LogP contribution in [0.5, 0.6) is 5.75 Å². The predicted octanol–water partition coefficient (Wildman–Crippen LogP) is 0.873. The van der Waals surface area contributed by atoms with Crippen LogP contribution in [0.4, 0.5) is 0 Å². The minimum absolute atomic E-state index is 0.625. The molecule has 0 spiro atoms. The van der Waals surface area contributed by atoms with Crippen LogP contribution in [-0.4, -0.2) is 23.2 Å². The summed E-state index contributed by atoms with van der Waals surface area (Å²) in [6.45, 7) is 3.81. The first-order valence-corrected chi connectivity index (χ1v) is 4.54. The van der Waals surface area contributed by atoms with Gasteiger partial charge < -0.3 is 15.6 Å². The molecule has 0 fully saturated rings. The Morgan fingerprint density at radius 2 is 2.20 bits per heavy atom. The molecule has 0 aromatic heterocycles. The van der Waals surface area contributed by atoms with E-state index in [0.29, 0.717) is 11.3 Å². The maximum absolute atomic E-state index is 10.7. The summed E-state index contributed by atoms with van der Waals surface area (Å²) in [6.07, 6.45) is -0.667. The Kier molecular flexibility index (Phi) is 2.21. The summed E-state index contributed by atoms with van der Waals surface area (Å²) in [4.78, 5) is 10.7. The highest BCUT2D eigenvalue weighted by Gasteiger charge is 2.35. The van der Waals surface area contributed by atoms with Crippen LogP contribution < -0.4 is 10.5 Å². The standard InChI is InChI=1S/C11H11NO3/c1-6-7-4-2-3-5-8(7)15-10(6)9(12)11(13)14/h2-5,9-10H,1,12H2,(H,13,14)/t9-,10?/m0/s1. The molecule has 0 aliphatic carbocycles. The zero-order chi connectivity index (χ0) is 11.0. The highest BCUT2D eigenvalue weighted by Crippen LogP contribution is 2.36. The monoisotopic (exact) mass is 205 g/mol. The minimum Gasteiger partial charge on any atom is -0.483 e. The van der Waals surface area contributed by atoms with Gasteiger partial charge in [0, 0.05) is 5.56 Å². The normalized spacial score (nSPS) is 20.6. The Bertz CT molecular complexity index is 428. The third kappa shape index (κ3) is 1.49. The Hall–Kier alpha value is -1.81. The van der Waals surface area contributed by atoms with Crippen molar-refractivity contribution in [3.05, 3.63) is 36.4 Å². The fourth-order valence-corrected chi connectivity index (χ4v) is 1.62. The van der Waals surface area contributed by atoms with E-state index in [4.69, 9.17) is 15.6 Å². The first kappa shape index (κ1) is 9.73. The molecule has 1 aromatic carbocycles. The van der Waals surface area contributed by atoms with E-state index in [1.807, 2.05) is 18.2 Å². The quantitative estimate of drug-likeness (QED) is 0.751. The van der Waals surface area contributed by atoms with Crippen molar-refractivity contribution in [3.63, 3.8) is 0 Å². The highest BCUT2D eigenvalue weighted by molar-refractivity contribution is 5.83. The molecule has 3 N–H and O–H groups in total. The summed E-state index contributed by atoms with van der Waals surface area (Å²) in [6, 6.07) is 6.20. The second-order valence-corrected chi connectivity index (χ2v) is 3.42. The first-order chi connectivity index (χ1) is 7.11. The number of rotatable bonds is 2. The Labute approximate surface area is 87.0 Å². The minimum atomic E-state index is -1.09. The molecule has 1 aliphatic rings. The van der Waals surface area contributed by atoms with E-state index >= 15 is 0 Å². The van der Waals surface area contributed by atoms with Crippen molar-refractivity contribution in [1.82, 2.24) is 0 Å². The molecule has 1 aromatic rings. The van der Waals surface area contributed by atoms with Gasteiger partial charge in [-0.15, -0.1) is 0 Å². The summed E-state index contributed by atoms with van der Waals surface area (Å²) in [5.41, 5.74) is 6.96. The van der Waals surface area contributed by atoms with Crippen molar-refractivity contribution >= 4 is 11.5 Å². The number of carbonyl (C=O) groups is 1. The molecule has 15 heavy (non-hydrogen) atoms. The van der Waals surface area contributed by atoms with Crippen LogP contribution in [0, 0.1) is 0 Å². The SMILES string of the molecule is C=C1c2ccccc2OC1[C@H](N)C(=O)O. The van der Waals surface area contributed by atoms with E-state index in [1.165, 1.54) is 0 Å². The molecule has 78 valence electrons. The average molecular weight is 205 g/mol. The molecule has 4 heteroatoms. The van der Waals surface area contributed by atoms with Gasteiger partial charge in [0.15, 0.2) is 0 Å². The third-order valence-corrected chi connectivity index (χ3v) is 2.44. The number of fused-ring (bicyclic) bond motifs is 1. The molecule has 2 atom stereocenters. The van der Waals surface area contributed by atoms with E-state index < -0.39 is 18.1 Å². The summed E-state index contributed by atoms with van der Waals surface area (Å²) in [5.74, 6) is -0.446. The fraction of sp³-hybridized carbons (Fsp3) is 0.182. The maximum Gasteiger partial charge on any atom is 0.324 e. The van der Waals surface area contributed by atoms with E-state index in [-0.39, 0.29) is 0 Å².